The second kappa shape index (κ2) is 15.0. The second-order valence-corrected chi connectivity index (χ2v) is 11.4. The highest BCUT2D eigenvalue weighted by Gasteiger charge is 2.33. The summed E-state index contributed by atoms with van der Waals surface area (Å²) in [6.07, 6.45) is 3.87. The van der Waals surface area contributed by atoms with Crippen LogP contribution in [0.25, 0.3) is 0 Å². The van der Waals surface area contributed by atoms with Gasteiger partial charge in [0.2, 0.25) is 11.8 Å². The Morgan fingerprint density at radius 2 is 1.44 bits per heavy atom. The average Bonchev–Trinajstić information content (AvgIpc) is 2.68. The predicted octanol–water partition coefficient (Wildman–Crippen LogP) is 2.62. The van der Waals surface area contributed by atoms with Crippen molar-refractivity contribution in [2.24, 2.45) is 17.1 Å². The van der Waals surface area contributed by atoms with Crippen molar-refractivity contribution in [1.82, 2.24) is 21.3 Å². The maximum atomic E-state index is 13.0. The van der Waals surface area contributed by atoms with Crippen LogP contribution < -0.4 is 27.0 Å². The molecule has 0 unspecified atom stereocenters. The molecule has 0 aliphatic carbocycles. The summed E-state index contributed by atoms with van der Waals surface area (Å²) in [5, 5.41) is 11.6. The highest BCUT2D eigenvalue weighted by atomic mass is 16.2. The number of ketones is 1. The van der Waals surface area contributed by atoms with E-state index in [1.807, 2.05) is 13.8 Å². The van der Waals surface area contributed by atoms with Gasteiger partial charge in [-0.15, -0.1) is 0 Å². The number of hydrogen-bond acceptors (Lipinski definition) is 5. The summed E-state index contributed by atoms with van der Waals surface area (Å²) in [4.78, 5) is 49.3. The van der Waals surface area contributed by atoms with Gasteiger partial charge in [-0.3, -0.25) is 14.4 Å². The summed E-state index contributed by atoms with van der Waals surface area (Å²) >= 11 is 0. The molecule has 9 nitrogen and oxygen atoms in total. The smallest absolute Gasteiger partial charge is 0.312 e. The first-order valence-electron chi connectivity index (χ1n) is 12.5. The topological polar surface area (TPSA) is 142 Å². The molecule has 198 valence electrons. The molecule has 0 aromatic heterocycles. The number of primary amides is 1. The number of urea groups is 1. The van der Waals surface area contributed by atoms with E-state index in [2.05, 4.69) is 42.0 Å². The van der Waals surface area contributed by atoms with E-state index >= 15 is 0 Å². The molecule has 0 saturated heterocycles. The third kappa shape index (κ3) is 14.9. The fraction of sp³-hybridized carbons (Fsp3) is 0.840. The van der Waals surface area contributed by atoms with Gasteiger partial charge in [-0.1, -0.05) is 41.0 Å². The number of hydrogen-bond donors (Lipinski definition) is 5. The Hall–Kier alpha value is -2.16. The van der Waals surface area contributed by atoms with E-state index in [1.54, 1.807) is 20.8 Å². The number of rotatable bonds is 15. The largest absolute Gasteiger partial charge is 0.352 e. The summed E-state index contributed by atoms with van der Waals surface area (Å²) in [6.45, 7) is 16.7. The van der Waals surface area contributed by atoms with E-state index in [9.17, 15) is 19.2 Å². The minimum absolute atomic E-state index is 0.0831. The average molecular weight is 484 g/mol. The van der Waals surface area contributed by atoms with Gasteiger partial charge in [0.05, 0.1) is 6.04 Å². The molecular formula is C25H49N5O4. The van der Waals surface area contributed by atoms with Crippen LogP contribution in [-0.2, 0) is 14.4 Å². The van der Waals surface area contributed by atoms with Gasteiger partial charge in [-0.05, 0) is 58.9 Å². The molecule has 0 radical (unpaired) electrons. The molecule has 0 aromatic carbocycles. The Morgan fingerprint density at radius 1 is 0.824 bits per heavy atom. The van der Waals surface area contributed by atoms with Crippen LogP contribution in [0, 0.1) is 11.3 Å². The molecule has 0 aliphatic heterocycles. The van der Waals surface area contributed by atoms with E-state index < -0.39 is 23.5 Å². The third-order valence-corrected chi connectivity index (χ3v) is 5.34. The van der Waals surface area contributed by atoms with Crippen LogP contribution in [0.4, 0.5) is 4.79 Å². The maximum Gasteiger partial charge on any atom is 0.312 e. The van der Waals surface area contributed by atoms with Crippen molar-refractivity contribution in [2.75, 3.05) is 13.1 Å². The van der Waals surface area contributed by atoms with E-state index in [4.69, 9.17) is 5.73 Å². The van der Waals surface area contributed by atoms with Gasteiger partial charge >= 0.3 is 6.03 Å². The number of nitrogens with one attached hydrogen (secondary N) is 4. The molecule has 0 aliphatic rings. The normalized spacial score (nSPS) is 13.8. The van der Waals surface area contributed by atoms with Crippen molar-refractivity contribution >= 4 is 23.6 Å². The first-order valence-corrected chi connectivity index (χ1v) is 12.5. The van der Waals surface area contributed by atoms with Gasteiger partial charge in [0.15, 0.2) is 5.78 Å². The second-order valence-electron chi connectivity index (χ2n) is 11.4. The maximum absolute atomic E-state index is 13.0. The molecule has 6 N–H and O–H groups in total. The van der Waals surface area contributed by atoms with Crippen LogP contribution in [0.2, 0.25) is 0 Å². The van der Waals surface area contributed by atoms with Crippen molar-refractivity contribution in [3.05, 3.63) is 0 Å². The van der Waals surface area contributed by atoms with Gasteiger partial charge in [-0.25, -0.2) is 4.79 Å². The highest BCUT2D eigenvalue weighted by Crippen LogP contribution is 2.19. The molecule has 34 heavy (non-hydrogen) atoms. The third-order valence-electron chi connectivity index (χ3n) is 5.34. The number of carbonyl (C=O) groups excluding carboxylic acids is 4. The zero-order valence-electron chi connectivity index (χ0n) is 22.6. The lowest BCUT2D eigenvalue weighted by Gasteiger charge is -2.28. The first-order chi connectivity index (χ1) is 15.5. The molecule has 0 bridgehead atoms. The summed E-state index contributed by atoms with van der Waals surface area (Å²) < 4.78 is 0. The fourth-order valence-corrected chi connectivity index (χ4v) is 3.40. The molecule has 2 atom stereocenters. The van der Waals surface area contributed by atoms with Gasteiger partial charge in [0, 0.05) is 23.9 Å². The number of Topliss-reactive ketones (excluding diaryl/α,β-unsaturated/α-hetero) is 1. The summed E-state index contributed by atoms with van der Waals surface area (Å²) in [7, 11) is 0. The number of amides is 4. The summed E-state index contributed by atoms with van der Waals surface area (Å²) in [6, 6.07) is -2.07. The van der Waals surface area contributed by atoms with Crippen molar-refractivity contribution in [3.63, 3.8) is 0 Å². The molecule has 0 aromatic rings. The lowest BCUT2D eigenvalue weighted by molar-refractivity contribution is -0.135. The van der Waals surface area contributed by atoms with Crippen LogP contribution in [0.15, 0.2) is 0 Å². The number of unbranched alkanes of at least 4 members (excludes halogenated alkanes) is 2. The quantitative estimate of drug-likeness (QED) is 0.228. The van der Waals surface area contributed by atoms with Crippen LogP contribution in [0.3, 0.4) is 0 Å². The van der Waals surface area contributed by atoms with Crippen molar-refractivity contribution in [2.45, 2.75) is 112 Å². The number of nitrogens with two attached hydrogens (primary N) is 1. The molecule has 0 spiro atoms. The first kappa shape index (κ1) is 31.8. The highest BCUT2D eigenvalue weighted by molar-refractivity contribution is 5.94. The molecule has 0 rings (SSSR count). The Kier molecular flexibility index (Phi) is 14.0. The van der Waals surface area contributed by atoms with E-state index in [-0.39, 0.29) is 29.1 Å². The zero-order valence-corrected chi connectivity index (χ0v) is 22.6. The molecule has 0 heterocycles. The molecule has 9 heteroatoms. The SMILES string of the molecule is CC(C)[C@H](NC(=O)CCCCCNC(C)(C)C)C(=O)N[C@@H](CCCNC(N)=O)C(=O)C(C)(C)C. The van der Waals surface area contributed by atoms with Crippen LogP contribution in [0.1, 0.15) is 93.9 Å². The molecular weight excluding hydrogens is 434 g/mol. The van der Waals surface area contributed by atoms with E-state index in [1.165, 1.54) is 0 Å². The van der Waals surface area contributed by atoms with Crippen LogP contribution in [-0.4, -0.2) is 54.3 Å². The minimum Gasteiger partial charge on any atom is -0.352 e. The fourth-order valence-electron chi connectivity index (χ4n) is 3.40. The van der Waals surface area contributed by atoms with Gasteiger partial charge in [0.25, 0.3) is 0 Å². The summed E-state index contributed by atoms with van der Waals surface area (Å²) in [5.74, 6) is -0.773. The Bertz CT molecular complexity index is 665. The van der Waals surface area contributed by atoms with Crippen molar-refractivity contribution in [1.29, 1.82) is 0 Å². The van der Waals surface area contributed by atoms with Crippen molar-refractivity contribution in [3.8, 4) is 0 Å². The summed E-state index contributed by atoms with van der Waals surface area (Å²) in [5.41, 5.74) is 4.52. The standard InChI is InChI=1S/C25H49N5O4/c1-17(2)20(30-19(31)14-10-9-11-16-28-25(6,7)8)22(33)29-18(21(32)24(3,4)5)13-12-15-27-23(26)34/h17-18,20,28H,9-16H2,1-8H3,(H,29,33)(H,30,31)(H3,26,27,34)/t18-,20-/m0/s1. The van der Waals surface area contributed by atoms with Gasteiger partial charge in [-0.2, -0.15) is 0 Å². The molecule has 0 saturated carbocycles. The number of carbonyl (C=O) groups is 4. The van der Waals surface area contributed by atoms with E-state index in [0.29, 0.717) is 25.8 Å². The Labute approximate surface area is 206 Å². The van der Waals surface area contributed by atoms with Crippen LogP contribution >= 0.6 is 0 Å². The minimum atomic E-state index is -0.728. The lowest BCUT2D eigenvalue weighted by Crippen LogP contribution is -2.55. The Balaban J connectivity index is 4.86. The van der Waals surface area contributed by atoms with E-state index in [0.717, 1.165) is 25.8 Å². The van der Waals surface area contributed by atoms with Crippen LogP contribution in [0.5, 0.6) is 0 Å². The monoisotopic (exact) mass is 483 g/mol. The van der Waals surface area contributed by atoms with Crippen molar-refractivity contribution < 1.29 is 19.2 Å². The predicted molar refractivity (Wildman–Crippen MR) is 136 cm³/mol. The lowest BCUT2D eigenvalue weighted by atomic mass is 9.84. The molecule has 0 fully saturated rings. The zero-order chi connectivity index (χ0) is 26.5. The molecule has 4 amide bonds. The van der Waals surface area contributed by atoms with Gasteiger partial charge in [0.1, 0.15) is 6.04 Å². The van der Waals surface area contributed by atoms with Gasteiger partial charge < -0.3 is 27.0 Å². The Morgan fingerprint density at radius 3 is 1.94 bits per heavy atom.